The predicted molar refractivity (Wildman–Crippen MR) is 78.3 cm³/mol. The number of aromatic nitrogens is 2. The highest BCUT2D eigenvalue weighted by atomic mass is 16.4. The third-order valence-corrected chi connectivity index (χ3v) is 3.09. The summed E-state index contributed by atoms with van der Waals surface area (Å²) in [6.45, 7) is 1.98. The molecule has 0 spiro atoms. The van der Waals surface area contributed by atoms with Crippen molar-refractivity contribution < 1.29 is 14.7 Å². The Morgan fingerprint density at radius 1 is 1.29 bits per heavy atom. The number of aliphatic carboxylic acids is 1. The number of carboxylic acids is 1. The molecule has 0 saturated heterocycles. The van der Waals surface area contributed by atoms with E-state index in [2.05, 4.69) is 10.4 Å². The maximum Gasteiger partial charge on any atom is 0.307 e. The molecule has 0 saturated carbocycles. The highest BCUT2D eigenvalue weighted by molar-refractivity contribution is 6.03. The fourth-order valence-electron chi connectivity index (χ4n) is 1.99. The maximum absolute atomic E-state index is 12.2. The summed E-state index contributed by atoms with van der Waals surface area (Å²) in [6, 6.07) is 8.50. The van der Waals surface area contributed by atoms with Crippen molar-refractivity contribution in [3.8, 4) is 0 Å². The third-order valence-electron chi connectivity index (χ3n) is 3.09. The van der Waals surface area contributed by atoms with Gasteiger partial charge in [-0.15, -0.1) is 0 Å². The Labute approximate surface area is 122 Å². The lowest BCUT2D eigenvalue weighted by Crippen LogP contribution is -2.16. The van der Waals surface area contributed by atoms with E-state index in [1.807, 2.05) is 6.92 Å². The second-order valence-corrected chi connectivity index (χ2v) is 4.72. The maximum atomic E-state index is 12.2. The van der Waals surface area contributed by atoms with Gasteiger partial charge in [-0.3, -0.25) is 14.3 Å². The van der Waals surface area contributed by atoms with Gasteiger partial charge in [0, 0.05) is 12.7 Å². The molecular formula is C15H17N3O3. The van der Waals surface area contributed by atoms with Crippen molar-refractivity contribution in [2.45, 2.75) is 19.8 Å². The molecule has 0 unspecified atom stereocenters. The average Bonchev–Trinajstić information content (AvgIpc) is 2.82. The van der Waals surface area contributed by atoms with Crippen LogP contribution >= 0.6 is 0 Å². The number of rotatable bonds is 5. The van der Waals surface area contributed by atoms with Gasteiger partial charge in [0.2, 0.25) is 0 Å². The van der Waals surface area contributed by atoms with E-state index >= 15 is 0 Å². The fourth-order valence-corrected chi connectivity index (χ4v) is 1.99. The van der Waals surface area contributed by atoms with Gasteiger partial charge in [-0.05, 0) is 30.2 Å². The van der Waals surface area contributed by atoms with Crippen LogP contribution in [-0.4, -0.2) is 26.8 Å². The number of anilines is 1. The fraction of sp³-hybridized carbons (Fsp3) is 0.267. The number of aryl methyl sites for hydroxylation is 2. The first kappa shape index (κ1) is 14.8. The molecule has 6 nitrogen and oxygen atoms in total. The number of carbonyl (C=O) groups is 2. The van der Waals surface area contributed by atoms with Crippen molar-refractivity contribution in [3.05, 3.63) is 47.3 Å². The summed E-state index contributed by atoms with van der Waals surface area (Å²) in [5.74, 6) is -1.12. The van der Waals surface area contributed by atoms with Crippen LogP contribution in [0, 0.1) is 0 Å². The Morgan fingerprint density at radius 2 is 1.95 bits per heavy atom. The summed E-state index contributed by atoms with van der Waals surface area (Å²) in [6.07, 6.45) is 0.737. The summed E-state index contributed by atoms with van der Waals surface area (Å²) >= 11 is 0. The smallest absolute Gasteiger partial charge is 0.307 e. The van der Waals surface area contributed by atoms with Crippen LogP contribution in [0.25, 0.3) is 0 Å². The quantitative estimate of drug-likeness (QED) is 0.879. The number of amides is 1. The molecule has 0 aliphatic rings. The Bertz CT molecular complexity index is 659. The number of carboxylic acid groups (broad SMARTS) is 1. The number of nitrogens with zero attached hydrogens (tertiary/aromatic N) is 2. The largest absolute Gasteiger partial charge is 0.481 e. The standard InChI is InChI=1S/C15H17N3O3/c1-3-11-9-13(18(2)17-11)15(21)16-12-6-4-10(5-7-12)8-14(19)20/h4-7,9H,3,8H2,1-2H3,(H,16,21)(H,19,20). The van der Waals surface area contributed by atoms with E-state index in [0.29, 0.717) is 16.9 Å². The number of hydrogen-bond acceptors (Lipinski definition) is 3. The monoisotopic (exact) mass is 287 g/mol. The first-order valence-electron chi connectivity index (χ1n) is 6.64. The van der Waals surface area contributed by atoms with Crippen LogP contribution in [-0.2, 0) is 24.7 Å². The van der Waals surface area contributed by atoms with E-state index in [1.54, 1.807) is 42.1 Å². The second kappa shape index (κ2) is 6.21. The van der Waals surface area contributed by atoms with Gasteiger partial charge < -0.3 is 10.4 Å². The molecule has 6 heteroatoms. The molecule has 1 heterocycles. The number of nitrogens with one attached hydrogen (secondary N) is 1. The zero-order valence-corrected chi connectivity index (χ0v) is 12.0. The van der Waals surface area contributed by atoms with Crippen LogP contribution < -0.4 is 5.32 Å². The van der Waals surface area contributed by atoms with Crippen LogP contribution in [0.1, 0.15) is 28.7 Å². The van der Waals surface area contributed by atoms with Gasteiger partial charge >= 0.3 is 5.97 Å². The van der Waals surface area contributed by atoms with Crippen LogP contribution in [0.15, 0.2) is 30.3 Å². The minimum absolute atomic E-state index is 0.0319. The minimum atomic E-state index is -0.881. The van der Waals surface area contributed by atoms with Gasteiger partial charge in [-0.25, -0.2) is 0 Å². The zero-order chi connectivity index (χ0) is 15.4. The first-order chi connectivity index (χ1) is 9.99. The molecular weight excluding hydrogens is 270 g/mol. The van der Waals surface area contributed by atoms with Gasteiger partial charge in [-0.2, -0.15) is 5.10 Å². The average molecular weight is 287 g/mol. The lowest BCUT2D eigenvalue weighted by molar-refractivity contribution is -0.136. The molecule has 0 aliphatic carbocycles. The Kier molecular flexibility index (Phi) is 4.37. The lowest BCUT2D eigenvalue weighted by atomic mass is 10.1. The predicted octanol–water partition coefficient (Wildman–Crippen LogP) is 1.86. The molecule has 1 aromatic carbocycles. The highest BCUT2D eigenvalue weighted by Gasteiger charge is 2.12. The summed E-state index contributed by atoms with van der Waals surface area (Å²) in [7, 11) is 1.73. The molecule has 1 amide bonds. The lowest BCUT2D eigenvalue weighted by Gasteiger charge is -2.06. The Morgan fingerprint density at radius 3 is 2.48 bits per heavy atom. The highest BCUT2D eigenvalue weighted by Crippen LogP contribution is 2.12. The van der Waals surface area contributed by atoms with Crippen molar-refractivity contribution in [1.29, 1.82) is 0 Å². The molecule has 21 heavy (non-hydrogen) atoms. The van der Waals surface area contributed by atoms with E-state index in [0.717, 1.165) is 12.1 Å². The molecule has 0 bridgehead atoms. The summed E-state index contributed by atoms with van der Waals surface area (Å²) in [5.41, 5.74) is 2.66. The first-order valence-corrected chi connectivity index (χ1v) is 6.64. The van der Waals surface area contributed by atoms with E-state index in [1.165, 1.54) is 0 Å². The van der Waals surface area contributed by atoms with Crippen LogP contribution in [0.2, 0.25) is 0 Å². The molecule has 0 aliphatic heterocycles. The van der Waals surface area contributed by atoms with Crippen LogP contribution in [0.5, 0.6) is 0 Å². The molecule has 2 rings (SSSR count). The van der Waals surface area contributed by atoms with Crippen molar-refractivity contribution in [2.24, 2.45) is 7.05 Å². The molecule has 0 atom stereocenters. The molecule has 1 aromatic heterocycles. The number of hydrogen-bond donors (Lipinski definition) is 2. The molecule has 110 valence electrons. The van der Waals surface area contributed by atoms with Gasteiger partial charge in [0.05, 0.1) is 12.1 Å². The summed E-state index contributed by atoms with van der Waals surface area (Å²) in [4.78, 5) is 22.8. The number of carbonyl (C=O) groups excluding carboxylic acids is 1. The van der Waals surface area contributed by atoms with Gasteiger partial charge in [0.15, 0.2) is 0 Å². The molecule has 0 radical (unpaired) electrons. The van der Waals surface area contributed by atoms with E-state index in [9.17, 15) is 9.59 Å². The number of benzene rings is 1. The van der Waals surface area contributed by atoms with Crippen LogP contribution in [0.4, 0.5) is 5.69 Å². The van der Waals surface area contributed by atoms with E-state index in [-0.39, 0.29) is 12.3 Å². The van der Waals surface area contributed by atoms with E-state index < -0.39 is 5.97 Å². The minimum Gasteiger partial charge on any atom is -0.481 e. The van der Waals surface area contributed by atoms with Gasteiger partial charge in [-0.1, -0.05) is 19.1 Å². The van der Waals surface area contributed by atoms with Crippen molar-refractivity contribution in [3.63, 3.8) is 0 Å². The van der Waals surface area contributed by atoms with Crippen molar-refractivity contribution >= 4 is 17.6 Å². The normalized spacial score (nSPS) is 10.4. The van der Waals surface area contributed by atoms with Crippen molar-refractivity contribution in [1.82, 2.24) is 9.78 Å². The van der Waals surface area contributed by atoms with E-state index in [4.69, 9.17) is 5.11 Å². The zero-order valence-electron chi connectivity index (χ0n) is 12.0. The second-order valence-electron chi connectivity index (χ2n) is 4.72. The van der Waals surface area contributed by atoms with Crippen LogP contribution in [0.3, 0.4) is 0 Å². The third kappa shape index (κ3) is 3.68. The topological polar surface area (TPSA) is 84.2 Å². The SMILES string of the molecule is CCc1cc(C(=O)Nc2ccc(CC(=O)O)cc2)n(C)n1. The molecule has 2 N–H and O–H groups in total. The molecule has 2 aromatic rings. The summed E-state index contributed by atoms with van der Waals surface area (Å²) in [5, 5.41) is 15.7. The molecule has 0 fully saturated rings. The van der Waals surface area contributed by atoms with Gasteiger partial charge in [0.25, 0.3) is 5.91 Å². The summed E-state index contributed by atoms with van der Waals surface area (Å²) < 4.78 is 1.55. The van der Waals surface area contributed by atoms with Crippen molar-refractivity contribution in [2.75, 3.05) is 5.32 Å². The Hall–Kier alpha value is -2.63. The Balaban J connectivity index is 2.08. The van der Waals surface area contributed by atoms with Gasteiger partial charge in [0.1, 0.15) is 5.69 Å².